The number of rotatable bonds is 7. The van der Waals surface area contributed by atoms with Gasteiger partial charge in [0.2, 0.25) is 0 Å². The van der Waals surface area contributed by atoms with E-state index in [0.717, 1.165) is 44.1 Å². The van der Waals surface area contributed by atoms with Crippen molar-refractivity contribution in [2.24, 2.45) is 18.0 Å². The summed E-state index contributed by atoms with van der Waals surface area (Å²) in [4.78, 5) is 19.3. The van der Waals surface area contributed by atoms with Gasteiger partial charge in [0.05, 0.1) is 24.5 Å². The molecule has 0 radical (unpaired) electrons. The number of aliphatic imine (C=N–C) groups is 1. The third-order valence-corrected chi connectivity index (χ3v) is 5.12. The summed E-state index contributed by atoms with van der Waals surface area (Å²) < 4.78 is 7.24. The molecule has 1 aliphatic heterocycles. The Labute approximate surface area is 210 Å². The van der Waals surface area contributed by atoms with E-state index in [1.54, 1.807) is 0 Å². The maximum absolute atomic E-state index is 12.2. The van der Waals surface area contributed by atoms with Crippen LogP contribution in [0.15, 0.2) is 17.4 Å². The van der Waals surface area contributed by atoms with E-state index in [2.05, 4.69) is 52.9 Å². The monoisotopic (exact) mass is 563 g/mol. The predicted octanol–water partition coefficient (Wildman–Crippen LogP) is 3.11. The van der Waals surface area contributed by atoms with Crippen LogP contribution in [0.3, 0.4) is 0 Å². The Kier molecular flexibility index (Phi) is 11.6. The lowest BCUT2D eigenvalue weighted by Crippen LogP contribution is -2.52. The van der Waals surface area contributed by atoms with Gasteiger partial charge in [-0.1, -0.05) is 13.8 Å². The van der Waals surface area contributed by atoms with Gasteiger partial charge in [0.25, 0.3) is 0 Å². The van der Waals surface area contributed by atoms with Crippen molar-refractivity contribution in [3.05, 3.63) is 12.4 Å². The molecule has 1 amide bonds. The van der Waals surface area contributed by atoms with Crippen LogP contribution in [0.5, 0.6) is 0 Å². The molecule has 0 spiro atoms. The summed E-state index contributed by atoms with van der Waals surface area (Å²) >= 11 is 0. The minimum absolute atomic E-state index is 0. The van der Waals surface area contributed by atoms with Gasteiger partial charge < -0.3 is 25.6 Å². The van der Waals surface area contributed by atoms with Crippen molar-refractivity contribution in [1.82, 2.24) is 25.7 Å². The number of nitrogens with one attached hydrogen (secondary N) is 3. The SMILES string of the molecule is CCNC(=NCC(NC(=O)OC(C)(C)C)C(C)C)NC1CCCN(c2cnn(C)c2)C1.I. The molecule has 3 N–H and O–H groups in total. The molecule has 2 rings (SSSR count). The molecular weight excluding hydrogens is 521 g/mol. The molecule has 0 aliphatic carbocycles. The van der Waals surface area contributed by atoms with E-state index in [1.165, 1.54) is 0 Å². The number of anilines is 1. The maximum Gasteiger partial charge on any atom is 0.407 e. The lowest BCUT2D eigenvalue weighted by molar-refractivity contribution is 0.0493. The number of alkyl carbamates (subject to hydrolysis) is 1. The summed E-state index contributed by atoms with van der Waals surface area (Å²) in [7, 11) is 1.94. The zero-order chi connectivity index (χ0) is 23.0. The number of guanidine groups is 1. The minimum atomic E-state index is -0.521. The van der Waals surface area contributed by atoms with Gasteiger partial charge >= 0.3 is 6.09 Å². The highest BCUT2D eigenvalue weighted by Crippen LogP contribution is 2.19. The number of nitrogens with zero attached hydrogens (tertiary/aromatic N) is 4. The van der Waals surface area contributed by atoms with Crippen LogP contribution >= 0.6 is 24.0 Å². The molecule has 1 aromatic heterocycles. The van der Waals surface area contributed by atoms with E-state index >= 15 is 0 Å². The molecule has 2 unspecified atom stereocenters. The molecular formula is C22H42IN7O2. The van der Waals surface area contributed by atoms with Gasteiger partial charge in [-0.05, 0) is 46.5 Å². The van der Waals surface area contributed by atoms with Crippen LogP contribution in [0.1, 0.15) is 54.4 Å². The van der Waals surface area contributed by atoms with Crippen molar-refractivity contribution in [1.29, 1.82) is 0 Å². The average Bonchev–Trinajstić information content (AvgIpc) is 3.10. The van der Waals surface area contributed by atoms with Crippen molar-refractivity contribution in [2.75, 3.05) is 31.1 Å². The number of aromatic nitrogens is 2. The number of aryl methyl sites for hydroxylation is 1. The van der Waals surface area contributed by atoms with Gasteiger partial charge in [0.1, 0.15) is 5.60 Å². The molecule has 0 saturated carbocycles. The first-order valence-corrected chi connectivity index (χ1v) is 11.4. The van der Waals surface area contributed by atoms with Gasteiger partial charge in [0.15, 0.2) is 5.96 Å². The van der Waals surface area contributed by atoms with Crippen molar-refractivity contribution in [3.8, 4) is 0 Å². The lowest BCUT2D eigenvalue weighted by atomic mass is 10.0. The molecule has 184 valence electrons. The fraction of sp³-hybridized carbons (Fsp3) is 0.773. The molecule has 0 bridgehead atoms. The molecule has 10 heteroatoms. The molecule has 1 aromatic rings. The minimum Gasteiger partial charge on any atom is -0.444 e. The van der Waals surface area contributed by atoms with Crippen molar-refractivity contribution >= 4 is 41.7 Å². The molecule has 32 heavy (non-hydrogen) atoms. The van der Waals surface area contributed by atoms with Crippen LogP contribution in [0.25, 0.3) is 0 Å². The Bertz CT molecular complexity index is 730. The number of hydrogen-bond donors (Lipinski definition) is 3. The number of ether oxygens (including phenoxy) is 1. The topological polar surface area (TPSA) is 95.8 Å². The first kappa shape index (κ1) is 28.3. The third-order valence-electron chi connectivity index (χ3n) is 5.12. The zero-order valence-corrected chi connectivity index (χ0v) is 23.0. The highest BCUT2D eigenvalue weighted by Gasteiger charge is 2.23. The van der Waals surface area contributed by atoms with Crippen LogP contribution in [-0.2, 0) is 11.8 Å². The summed E-state index contributed by atoms with van der Waals surface area (Å²) in [5.74, 6) is 1.01. The first-order valence-electron chi connectivity index (χ1n) is 11.4. The van der Waals surface area contributed by atoms with E-state index in [0.29, 0.717) is 12.6 Å². The van der Waals surface area contributed by atoms with E-state index in [-0.39, 0.29) is 35.9 Å². The summed E-state index contributed by atoms with van der Waals surface area (Å²) in [6, 6.07) is 0.187. The smallest absolute Gasteiger partial charge is 0.407 e. The number of carbonyl (C=O) groups excluding carboxylic acids is 1. The van der Waals surface area contributed by atoms with Crippen LogP contribution in [0, 0.1) is 5.92 Å². The van der Waals surface area contributed by atoms with Crippen molar-refractivity contribution < 1.29 is 9.53 Å². The molecule has 1 saturated heterocycles. The summed E-state index contributed by atoms with van der Waals surface area (Å²) in [6.45, 7) is 15.0. The number of amides is 1. The summed E-state index contributed by atoms with van der Waals surface area (Å²) in [5.41, 5.74) is 0.629. The van der Waals surface area contributed by atoms with Crippen molar-refractivity contribution in [3.63, 3.8) is 0 Å². The van der Waals surface area contributed by atoms with Gasteiger partial charge in [-0.25, -0.2) is 4.79 Å². The largest absolute Gasteiger partial charge is 0.444 e. The Morgan fingerprint density at radius 3 is 2.66 bits per heavy atom. The van der Waals surface area contributed by atoms with Crippen LogP contribution in [0.4, 0.5) is 10.5 Å². The van der Waals surface area contributed by atoms with Crippen LogP contribution in [0.2, 0.25) is 0 Å². The van der Waals surface area contributed by atoms with E-state index < -0.39 is 11.7 Å². The first-order chi connectivity index (χ1) is 14.6. The summed E-state index contributed by atoms with van der Waals surface area (Å²) in [6.07, 6.45) is 5.76. The van der Waals surface area contributed by atoms with Crippen LogP contribution in [-0.4, -0.2) is 65.7 Å². The predicted molar refractivity (Wildman–Crippen MR) is 141 cm³/mol. The molecule has 1 fully saturated rings. The highest BCUT2D eigenvalue weighted by atomic mass is 127. The Balaban J connectivity index is 0.00000512. The number of halogens is 1. The number of hydrogen-bond acceptors (Lipinski definition) is 5. The Morgan fingerprint density at radius 1 is 1.38 bits per heavy atom. The molecule has 2 heterocycles. The van der Waals surface area contributed by atoms with Gasteiger partial charge in [-0.2, -0.15) is 5.10 Å². The summed E-state index contributed by atoms with van der Waals surface area (Å²) in [5, 5.41) is 14.2. The second kappa shape index (κ2) is 13.1. The van der Waals surface area contributed by atoms with Crippen LogP contribution < -0.4 is 20.9 Å². The average molecular weight is 564 g/mol. The molecule has 9 nitrogen and oxygen atoms in total. The van der Waals surface area contributed by atoms with E-state index in [4.69, 9.17) is 9.73 Å². The molecule has 1 aliphatic rings. The quantitative estimate of drug-likeness (QED) is 0.268. The normalized spacial score (nSPS) is 18.1. The highest BCUT2D eigenvalue weighted by molar-refractivity contribution is 14.0. The van der Waals surface area contributed by atoms with Gasteiger partial charge in [-0.15, -0.1) is 24.0 Å². The fourth-order valence-electron chi connectivity index (χ4n) is 3.49. The van der Waals surface area contributed by atoms with Crippen molar-refractivity contribution in [2.45, 2.75) is 72.1 Å². The number of carbonyl (C=O) groups is 1. The Hall–Kier alpha value is -1.72. The van der Waals surface area contributed by atoms with Gasteiger partial charge in [0, 0.05) is 38.9 Å². The van der Waals surface area contributed by atoms with Gasteiger partial charge in [-0.3, -0.25) is 9.67 Å². The fourth-order valence-corrected chi connectivity index (χ4v) is 3.49. The maximum atomic E-state index is 12.2. The lowest BCUT2D eigenvalue weighted by Gasteiger charge is -2.34. The third kappa shape index (κ3) is 9.83. The van der Waals surface area contributed by atoms with E-state index in [9.17, 15) is 4.79 Å². The Morgan fingerprint density at radius 2 is 2.09 bits per heavy atom. The second-order valence-electron chi connectivity index (χ2n) is 9.52. The number of piperidine rings is 1. The standard InChI is InChI=1S/C22H41N7O2.HI/c1-8-23-20(24-13-19(16(2)3)27-21(30)31-22(4,5)6)26-17-10-9-11-29(14-17)18-12-25-28(7)15-18;/h12,15-17,19H,8-11,13-14H2,1-7H3,(H,27,30)(H2,23,24,26);1H. The molecule has 2 atom stereocenters. The van der Waals surface area contributed by atoms with E-state index in [1.807, 2.05) is 38.7 Å². The zero-order valence-electron chi connectivity index (χ0n) is 20.6. The molecule has 0 aromatic carbocycles. The second-order valence-corrected chi connectivity index (χ2v) is 9.52.